The molecule has 1 aliphatic rings. The Hall–Kier alpha value is -2.32. The number of nitrogens with zero attached hydrogens (tertiary/aromatic N) is 3. The fraction of sp³-hybridized carbons (Fsp3) is 0.652. The molecule has 1 aliphatic heterocycles. The number of carbonyl (C=O) groups excluding carboxylic acids is 1. The molecule has 8 heteroatoms. The SMILES string of the molecule is CN=C(NCCCNC(=O)OC(C)(C)C)NCCN1CCN(Cc2ccccc2)CC1. The number of amides is 1. The van der Waals surface area contributed by atoms with E-state index in [1.54, 1.807) is 7.05 Å². The van der Waals surface area contributed by atoms with Crippen LogP contribution < -0.4 is 16.0 Å². The monoisotopic (exact) mass is 432 g/mol. The van der Waals surface area contributed by atoms with Crippen molar-refractivity contribution in [3.63, 3.8) is 0 Å². The van der Waals surface area contributed by atoms with Crippen molar-refractivity contribution in [2.24, 2.45) is 4.99 Å². The van der Waals surface area contributed by atoms with E-state index in [1.165, 1.54) is 5.56 Å². The van der Waals surface area contributed by atoms with E-state index in [-0.39, 0.29) is 6.09 Å². The number of nitrogens with one attached hydrogen (secondary N) is 3. The Labute approximate surface area is 187 Å². The first-order valence-electron chi connectivity index (χ1n) is 11.3. The van der Waals surface area contributed by atoms with Crippen LogP contribution in [0.4, 0.5) is 4.79 Å². The zero-order valence-electron chi connectivity index (χ0n) is 19.6. The number of piperazine rings is 1. The molecule has 0 bridgehead atoms. The topological polar surface area (TPSA) is 81.2 Å². The van der Waals surface area contributed by atoms with Crippen molar-refractivity contribution in [1.82, 2.24) is 25.8 Å². The highest BCUT2D eigenvalue weighted by molar-refractivity contribution is 5.79. The molecule has 0 aromatic heterocycles. The number of ether oxygens (including phenoxy) is 1. The van der Waals surface area contributed by atoms with Gasteiger partial charge in [-0.05, 0) is 32.8 Å². The van der Waals surface area contributed by atoms with Crippen LogP contribution in [0.3, 0.4) is 0 Å². The van der Waals surface area contributed by atoms with Gasteiger partial charge < -0.3 is 20.7 Å². The highest BCUT2D eigenvalue weighted by Gasteiger charge is 2.17. The van der Waals surface area contributed by atoms with Crippen LogP contribution in [0.2, 0.25) is 0 Å². The molecule has 0 unspecified atom stereocenters. The van der Waals surface area contributed by atoms with Crippen LogP contribution in [0.1, 0.15) is 32.8 Å². The highest BCUT2D eigenvalue weighted by atomic mass is 16.6. The van der Waals surface area contributed by atoms with Crippen LogP contribution in [0.25, 0.3) is 0 Å². The van der Waals surface area contributed by atoms with E-state index in [0.717, 1.165) is 64.7 Å². The standard InChI is InChI=1S/C23H40N6O2/c1-23(2,3)31-22(30)27-12-8-11-25-21(24-4)26-13-14-28-15-17-29(18-16-28)19-20-9-6-5-7-10-20/h5-7,9-10H,8,11-19H2,1-4H3,(H,27,30)(H2,24,25,26). The van der Waals surface area contributed by atoms with Crippen molar-refractivity contribution in [3.05, 3.63) is 35.9 Å². The summed E-state index contributed by atoms with van der Waals surface area (Å²) in [5.74, 6) is 0.792. The summed E-state index contributed by atoms with van der Waals surface area (Å²) in [6.07, 6.45) is 0.419. The van der Waals surface area contributed by atoms with E-state index < -0.39 is 5.60 Å². The van der Waals surface area contributed by atoms with Gasteiger partial charge in [0.05, 0.1) is 0 Å². The summed E-state index contributed by atoms with van der Waals surface area (Å²) >= 11 is 0. The first kappa shape index (κ1) is 24.9. The lowest BCUT2D eigenvalue weighted by atomic mass is 10.2. The lowest BCUT2D eigenvalue weighted by Gasteiger charge is -2.34. The van der Waals surface area contributed by atoms with E-state index in [9.17, 15) is 4.79 Å². The number of rotatable bonds is 9. The molecule has 1 amide bonds. The lowest BCUT2D eigenvalue weighted by molar-refractivity contribution is 0.0527. The van der Waals surface area contributed by atoms with Crippen LogP contribution in [0.15, 0.2) is 35.3 Å². The van der Waals surface area contributed by atoms with Gasteiger partial charge in [0.15, 0.2) is 5.96 Å². The fourth-order valence-electron chi connectivity index (χ4n) is 3.37. The van der Waals surface area contributed by atoms with Crippen molar-refractivity contribution in [2.75, 3.05) is 59.4 Å². The quantitative estimate of drug-likeness (QED) is 0.314. The van der Waals surface area contributed by atoms with Gasteiger partial charge in [0.25, 0.3) is 0 Å². The summed E-state index contributed by atoms with van der Waals surface area (Å²) in [7, 11) is 1.77. The molecule has 0 radical (unpaired) electrons. The summed E-state index contributed by atoms with van der Waals surface area (Å²) in [4.78, 5) is 20.9. The Balaban J connectivity index is 1.52. The molecule has 3 N–H and O–H groups in total. The van der Waals surface area contributed by atoms with Crippen LogP contribution in [0.5, 0.6) is 0 Å². The number of carbonyl (C=O) groups is 1. The van der Waals surface area contributed by atoms with Gasteiger partial charge in [-0.1, -0.05) is 30.3 Å². The van der Waals surface area contributed by atoms with E-state index in [4.69, 9.17) is 4.74 Å². The maximum Gasteiger partial charge on any atom is 0.407 e. The average Bonchev–Trinajstić information content (AvgIpc) is 2.73. The number of hydrogen-bond acceptors (Lipinski definition) is 5. The fourth-order valence-corrected chi connectivity index (χ4v) is 3.37. The molecule has 2 rings (SSSR count). The molecular formula is C23H40N6O2. The smallest absolute Gasteiger partial charge is 0.407 e. The van der Waals surface area contributed by atoms with E-state index >= 15 is 0 Å². The molecule has 1 saturated heterocycles. The molecule has 0 atom stereocenters. The average molecular weight is 433 g/mol. The van der Waals surface area contributed by atoms with Crippen LogP contribution in [-0.4, -0.2) is 86.9 Å². The second kappa shape index (κ2) is 13.2. The van der Waals surface area contributed by atoms with Crippen LogP contribution in [-0.2, 0) is 11.3 Å². The van der Waals surface area contributed by atoms with Gasteiger partial charge in [-0.15, -0.1) is 0 Å². The summed E-state index contributed by atoms with van der Waals surface area (Å²) < 4.78 is 5.22. The molecule has 0 saturated carbocycles. The largest absolute Gasteiger partial charge is 0.444 e. The van der Waals surface area contributed by atoms with Crippen molar-refractivity contribution in [3.8, 4) is 0 Å². The number of benzene rings is 1. The Morgan fingerprint density at radius 1 is 0.968 bits per heavy atom. The predicted octanol–water partition coefficient (Wildman–Crippen LogP) is 1.88. The zero-order chi connectivity index (χ0) is 22.5. The molecular weight excluding hydrogens is 392 g/mol. The summed E-state index contributed by atoms with van der Waals surface area (Å²) in [5, 5.41) is 9.42. The third-order valence-corrected chi connectivity index (χ3v) is 4.97. The first-order valence-corrected chi connectivity index (χ1v) is 11.3. The van der Waals surface area contributed by atoms with E-state index in [1.807, 2.05) is 20.8 Å². The number of guanidine groups is 1. The van der Waals surface area contributed by atoms with Gasteiger partial charge in [-0.25, -0.2) is 4.79 Å². The van der Waals surface area contributed by atoms with Crippen molar-refractivity contribution >= 4 is 12.1 Å². The second-order valence-electron chi connectivity index (χ2n) is 8.81. The maximum absolute atomic E-state index is 11.6. The number of alkyl carbamates (subject to hydrolysis) is 1. The molecule has 0 spiro atoms. The molecule has 0 aliphatic carbocycles. The first-order chi connectivity index (χ1) is 14.9. The second-order valence-corrected chi connectivity index (χ2v) is 8.81. The Kier molecular flexibility index (Phi) is 10.6. The van der Waals surface area contributed by atoms with Crippen LogP contribution in [0, 0.1) is 0 Å². The van der Waals surface area contributed by atoms with Gasteiger partial charge in [-0.3, -0.25) is 14.8 Å². The van der Waals surface area contributed by atoms with Crippen molar-refractivity contribution in [2.45, 2.75) is 39.3 Å². The predicted molar refractivity (Wildman–Crippen MR) is 126 cm³/mol. The molecule has 1 fully saturated rings. The maximum atomic E-state index is 11.6. The Morgan fingerprint density at radius 3 is 2.23 bits per heavy atom. The summed E-state index contributed by atoms with van der Waals surface area (Å²) in [6.45, 7) is 14.1. The van der Waals surface area contributed by atoms with Crippen molar-refractivity contribution < 1.29 is 9.53 Å². The summed E-state index contributed by atoms with van der Waals surface area (Å²) in [5.41, 5.74) is 0.914. The minimum Gasteiger partial charge on any atom is -0.444 e. The summed E-state index contributed by atoms with van der Waals surface area (Å²) in [6, 6.07) is 10.7. The van der Waals surface area contributed by atoms with Gasteiger partial charge in [-0.2, -0.15) is 0 Å². The molecule has 1 aromatic rings. The van der Waals surface area contributed by atoms with E-state index in [0.29, 0.717) is 6.54 Å². The van der Waals surface area contributed by atoms with Gasteiger partial charge in [0, 0.05) is 66.0 Å². The third-order valence-electron chi connectivity index (χ3n) is 4.97. The molecule has 8 nitrogen and oxygen atoms in total. The normalized spacial score (nSPS) is 16.1. The van der Waals surface area contributed by atoms with Gasteiger partial charge in [0.2, 0.25) is 0 Å². The highest BCUT2D eigenvalue weighted by Crippen LogP contribution is 2.08. The molecule has 174 valence electrons. The molecule has 1 heterocycles. The Morgan fingerprint density at radius 2 is 1.58 bits per heavy atom. The van der Waals surface area contributed by atoms with Crippen molar-refractivity contribution in [1.29, 1.82) is 0 Å². The van der Waals surface area contributed by atoms with Gasteiger partial charge in [0.1, 0.15) is 5.60 Å². The minimum absolute atomic E-state index is 0.376. The lowest BCUT2D eigenvalue weighted by Crippen LogP contribution is -2.49. The van der Waals surface area contributed by atoms with Crippen LogP contribution >= 0.6 is 0 Å². The molecule has 1 aromatic carbocycles. The number of hydrogen-bond donors (Lipinski definition) is 3. The third kappa shape index (κ3) is 11.0. The zero-order valence-corrected chi connectivity index (χ0v) is 19.6. The molecule has 31 heavy (non-hydrogen) atoms. The van der Waals surface area contributed by atoms with E-state index in [2.05, 4.69) is 61.1 Å². The van der Waals surface area contributed by atoms with Gasteiger partial charge >= 0.3 is 6.09 Å². The Bertz CT molecular complexity index is 666. The minimum atomic E-state index is -0.469. The number of aliphatic imine (C=N–C) groups is 1.